The number of fused-ring (bicyclic) bond motifs is 1. The van der Waals surface area contributed by atoms with Crippen LogP contribution in [0.5, 0.6) is 0 Å². The number of benzene rings is 1. The third kappa shape index (κ3) is 2.21. The summed E-state index contributed by atoms with van der Waals surface area (Å²) in [7, 11) is 0. The van der Waals surface area contributed by atoms with Gasteiger partial charge in [-0.05, 0) is 37.6 Å². The second-order valence-electron chi connectivity index (χ2n) is 5.29. The molecule has 2 heterocycles. The van der Waals surface area contributed by atoms with E-state index in [2.05, 4.69) is 21.9 Å². The first-order valence-electron chi connectivity index (χ1n) is 6.86. The van der Waals surface area contributed by atoms with Crippen LogP contribution in [0.3, 0.4) is 0 Å². The Morgan fingerprint density at radius 1 is 1.17 bits per heavy atom. The summed E-state index contributed by atoms with van der Waals surface area (Å²) in [5.74, 6) is 0. The Balaban J connectivity index is 1.75. The first kappa shape index (κ1) is 11.6. The summed E-state index contributed by atoms with van der Waals surface area (Å²) in [6.07, 6.45) is 4.06. The highest BCUT2D eigenvalue weighted by atomic mass is 15.3. The van der Waals surface area contributed by atoms with Crippen molar-refractivity contribution in [2.45, 2.75) is 25.3 Å². The van der Waals surface area contributed by atoms with Gasteiger partial charge in [-0.25, -0.2) is 0 Å². The minimum atomic E-state index is 0.721. The maximum atomic E-state index is 8.97. The van der Waals surface area contributed by atoms with Crippen LogP contribution in [-0.2, 0) is 0 Å². The van der Waals surface area contributed by atoms with Gasteiger partial charge in [0.25, 0.3) is 0 Å². The molecule has 1 unspecified atom stereocenters. The Hall–Kier alpha value is -1.53. The lowest BCUT2D eigenvalue weighted by molar-refractivity contribution is 0.133. The lowest BCUT2D eigenvalue weighted by atomic mass is 9.99. The largest absolute Gasteiger partial charge is 0.369 e. The number of piperazine rings is 1. The van der Waals surface area contributed by atoms with Crippen LogP contribution in [0.2, 0.25) is 0 Å². The van der Waals surface area contributed by atoms with E-state index in [1.54, 1.807) is 0 Å². The molecule has 0 radical (unpaired) electrons. The van der Waals surface area contributed by atoms with E-state index < -0.39 is 0 Å². The van der Waals surface area contributed by atoms with Crippen molar-refractivity contribution in [1.82, 2.24) is 4.90 Å². The van der Waals surface area contributed by atoms with Crippen molar-refractivity contribution in [3.8, 4) is 6.07 Å². The van der Waals surface area contributed by atoms with Crippen molar-refractivity contribution in [2.24, 2.45) is 0 Å². The quantitative estimate of drug-likeness (QED) is 0.755. The van der Waals surface area contributed by atoms with Crippen molar-refractivity contribution in [3.63, 3.8) is 0 Å². The Morgan fingerprint density at radius 2 is 2.11 bits per heavy atom. The van der Waals surface area contributed by atoms with E-state index in [1.807, 2.05) is 18.2 Å². The van der Waals surface area contributed by atoms with Crippen molar-refractivity contribution in [3.05, 3.63) is 29.8 Å². The predicted molar refractivity (Wildman–Crippen MR) is 72.6 cm³/mol. The third-order valence-corrected chi connectivity index (χ3v) is 4.18. The van der Waals surface area contributed by atoms with Gasteiger partial charge in [0, 0.05) is 31.4 Å². The van der Waals surface area contributed by atoms with Gasteiger partial charge in [-0.2, -0.15) is 5.26 Å². The molecular formula is C15H19N3. The minimum Gasteiger partial charge on any atom is -0.369 e. The minimum absolute atomic E-state index is 0.721. The van der Waals surface area contributed by atoms with Crippen LogP contribution in [0.15, 0.2) is 24.3 Å². The van der Waals surface area contributed by atoms with E-state index in [-0.39, 0.29) is 0 Å². The molecule has 3 heteroatoms. The fourth-order valence-electron chi connectivity index (χ4n) is 3.16. The summed E-state index contributed by atoms with van der Waals surface area (Å²) in [5, 5.41) is 8.97. The maximum Gasteiger partial charge on any atom is 0.0992 e. The molecule has 0 spiro atoms. The fraction of sp³-hybridized carbons (Fsp3) is 0.533. The molecule has 1 aromatic carbocycles. The summed E-state index contributed by atoms with van der Waals surface area (Å²) < 4.78 is 0. The maximum absolute atomic E-state index is 8.97. The van der Waals surface area contributed by atoms with Crippen molar-refractivity contribution >= 4 is 5.69 Å². The zero-order valence-electron chi connectivity index (χ0n) is 10.7. The van der Waals surface area contributed by atoms with Crippen LogP contribution in [-0.4, -0.2) is 37.1 Å². The van der Waals surface area contributed by atoms with Gasteiger partial charge < -0.3 is 4.90 Å². The van der Waals surface area contributed by atoms with E-state index >= 15 is 0 Å². The van der Waals surface area contributed by atoms with Gasteiger partial charge in [-0.15, -0.1) is 0 Å². The normalized spacial score (nSPS) is 24.4. The van der Waals surface area contributed by atoms with Gasteiger partial charge >= 0.3 is 0 Å². The molecule has 0 aliphatic carbocycles. The summed E-state index contributed by atoms with van der Waals surface area (Å²) in [4.78, 5) is 5.07. The zero-order valence-corrected chi connectivity index (χ0v) is 10.7. The molecule has 2 fully saturated rings. The SMILES string of the molecule is N#Cc1cccc(N2CCN3CCCCC3C2)c1. The predicted octanol–water partition coefficient (Wildman–Crippen LogP) is 2.23. The van der Waals surface area contributed by atoms with Gasteiger partial charge in [0.05, 0.1) is 11.6 Å². The van der Waals surface area contributed by atoms with E-state index in [1.165, 1.54) is 38.0 Å². The van der Waals surface area contributed by atoms with Gasteiger partial charge in [-0.1, -0.05) is 12.5 Å². The lowest BCUT2D eigenvalue weighted by Crippen LogP contribution is -2.54. The third-order valence-electron chi connectivity index (χ3n) is 4.18. The lowest BCUT2D eigenvalue weighted by Gasteiger charge is -2.45. The molecule has 2 aliphatic rings. The molecule has 0 amide bonds. The van der Waals surface area contributed by atoms with Gasteiger partial charge in [-0.3, -0.25) is 4.90 Å². The highest BCUT2D eigenvalue weighted by Gasteiger charge is 2.28. The van der Waals surface area contributed by atoms with Crippen molar-refractivity contribution in [1.29, 1.82) is 5.26 Å². The topological polar surface area (TPSA) is 30.3 Å². The van der Waals surface area contributed by atoms with E-state index in [9.17, 15) is 0 Å². The molecule has 1 aromatic rings. The van der Waals surface area contributed by atoms with Gasteiger partial charge in [0.2, 0.25) is 0 Å². The highest BCUT2D eigenvalue weighted by molar-refractivity contribution is 5.52. The van der Waals surface area contributed by atoms with Gasteiger partial charge in [0.15, 0.2) is 0 Å². The highest BCUT2D eigenvalue weighted by Crippen LogP contribution is 2.25. The molecule has 0 bridgehead atoms. The molecular weight excluding hydrogens is 222 g/mol. The average Bonchev–Trinajstić information content (AvgIpc) is 2.47. The number of nitriles is 1. The van der Waals surface area contributed by atoms with Crippen LogP contribution in [0.4, 0.5) is 5.69 Å². The van der Waals surface area contributed by atoms with Crippen LogP contribution in [0.25, 0.3) is 0 Å². The Bertz CT molecular complexity index is 463. The number of nitrogens with zero attached hydrogens (tertiary/aromatic N) is 3. The summed E-state index contributed by atoms with van der Waals surface area (Å²) in [5.41, 5.74) is 1.97. The van der Waals surface area contributed by atoms with Crippen LogP contribution in [0, 0.1) is 11.3 Å². The van der Waals surface area contributed by atoms with Crippen LogP contribution in [0.1, 0.15) is 24.8 Å². The standard InChI is InChI=1S/C15H19N3/c16-11-13-4-3-6-14(10-13)18-9-8-17-7-2-1-5-15(17)12-18/h3-4,6,10,15H,1-2,5,7-9,12H2. The molecule has 0 aromatic heterocycles. The Labute approximate surface area is 109 Å². The molecule has 18 heavy (non-hydrogen) atoms. The monoisotopic (exact) mass is 241 g/mol. The first-order chi connectivity index (χ1) is 8.86. The molecule has 2 aliphatic heterocycles. The molecule has 2 saturated heterocycles. The molecule has 1 atom stereocenters. The molecule has 94 valence electrons. The van der Waals surface area contributed by atoms with Crippen LogP contribution < -0.4 is 4.90 Å². The number of hydrogen-bond donors (Lipinski definition) is 0. The number of rotatable bonds is 1. The summed E-state index contributed by atoms with van der Waals surface area (Å²) in [6.45, 7) is 4.65. The van der Waals surface area contributed by atoms with Crippen LogP contribution >= 0.6 is 0 Å². The second kappa shape index (κ2) is 4.99. The zero-order chi connectivity index (χ0) is 12.4. The van der Waals surface area contributed by atoms with Crippen molar-refractivity contribution in [2.75, 3.05) is 31.1 Å². The molecule has 3 rings (SSSR count). The van der Waals surface area contributed by atoms with Crippen molar-refractivity contribution < 1.29 is 0 Å². The molecule has 3 nitrogen and oxygen atoms in total. The Kier molecular flexibility index (Phi) is 3.21. The van der Waals surface area contributed by atoms with Gasteiger partial charge in [0.1, 0.15) is 0 Å². The Morgan fingerprint density at radius 3 is 3.00 bits per heavy atom. The van der Waals surface area contributed by atoms with E-state index in [0.29, 0.717) is 0 Å². The van der Waals surface area contributed by atoms with E-state index in [0.717, 1.165) is 24.7 Å². The molecule has 0 N–H and O–H groups in total. The smallest absolute Gasteiger partial charge is 0.0992 e. The fourth-order valence-corrected chi connectivity index (χ4v) is 3.16. The first-order valence-corrected chi connectivity index (χ1v) is 6.86. The molecule has 0 saturated carbocycles. The average molecular weight is 241 g/mol. The summed E-state index contributed by atoms with van der Waals surface area (Å²) in [6, 6.07) is 10.9. The number of hydrogen-bond acceptors (Lipinski definition) is 3. The summed E-state index contributed by atoms with van der Waals surface area (Å²) >= 11 is 0. The number of anilines is 1. The second-order valence-corrected chi connectivity index (χ2v) is 5.29. The number of piperidine rings is 1. The van der Waals surface area contributed by atoms with E-state index in [4.69, 9.17) is 5.26 Å².